The van der Waals surface area contributed by atoms with Gasteiger partial charge in [-0.15, -0.1) is 0 Å². The van der Waals surface area contributed by atoms with Crippen LogP contribution in [0.3, 0.4) is 0 Å². The Morgan fingerprint density at radius 2 is 2.29 bits per heavy atom. The second-order valence-electron chi connectivity index (χ2n) is 3.90. The number of nitrogens with two attached hydrogens (primary N) is 1. The predicted molar refractivity (Wildman–Crippen MR) is 47.8 cm³/mol. The van der Waals surface area contributed by atoms with E-state index in [4.69, 9.17) is 5.73 Å². The van der Waals surface area contributed by atoms with Crippen molar-refractivity contribution in [2.45, 2.75) is 31.9 Å². The summed E-state index contributed by atoms with van der Waals surface area (Å²) in [5, 5.41) is 4.05. The van der Waals surface area contributed by atoms with Gasteiger partial charge in [0.1, 0.15) is 0 Å². The summed E-state index contributed by atoms with van der Waals surface area (Å²) in [5.74, 6) is -2.37. The van der Waals surface area contributed by atoms with Crippen LogP contribution in [0, 0.1) is 5.92 Å². The Labute approximate surface area is 80.9 Å². The summed E-state index contributed by atoms with van der Waals surface area (Å²) in [5.41, 5.74) is 6.35. The van der Waals surface area contributed by atoms with Gasteiger partial charge in [-0.2, -0.15) is 5.10 Å². The number of nitrogens with zero attached hydrogens (tertiary/aromatic N) is 2. The fraction of sp³-hybridized carbons (Fsp3) is 0.667. The maximum atomic E-state index is 12.5. The Hall–Kier alpha value is -0.970. The van der Waals surface area contributed by atoms with Crippen LogP contribution >= 0.6 is 0 Å². The third-order valence-electron chi connectivity index (χ3n) is 2.54. The van der Waals surface area contributed by atoms with E-state index in [2.05, 4.69) is 5.10 Å². The van der Waals surface area contributed by atoms with Crippen molar-refractivity contribution in [1.82, 2.24) is 9.78 Å². The normalized spacial score (nSPS) is 20.8. The molecule has 0 unspecified atom stereocenters. The highest BCUT2D eigenvalue weighted by Gasteiger charge is 2.45. The third-order valence-corrected chi connectivity index (χ3v) is 2.54. The lowest BCUT2D eigenvalue weighted by Gasteiger charge is -2.34. The SMILES string of the molecule is NCc1cnn(CC2CC(F)(F)C2)c1. The van der Waals surface area contributed by atoms with Crippen LogP contribution in [-0.4, -0.2) is 15.7 Å². The van der Waals surface area contributed by atoms with E-state index in [0.717, 1.165) is 5.56 Å². The van der Waals surface area contributed by atoms with Crippen LogP contribution in [0.25, 0.3) is 0 Å². The second kappa shape index (κ2) is 3.31. The van der Waals surface area contributed by atoms with Crippen LogP contribution in [0.15, 0.2) is 12.4 Å². The summed E-state index contributed by atoms with van der Waals surface area (Å²) < 4.78 is 26.7. The van der Waals surface area contributed by atoms with E-state index in [1.165, 1.54) is 0 Å². The summed E-state index contributed by atoms with van der Waals surface area (Å²) in [6.45, 7) is 1.02. The number of halogens is 2. The van der Waals surface area contributed by atoms with Crippen LogP contribution in [0.2, 0.25) is 0 Å². The first-order valence-electron chi connectivity index (χ1n) is 4.68. The third kappa shape index (κ3) is 1.92. The standard InChI is InChI=1S/C9H13F2N3/c10-9(11)1-7(2-9)5-14-6-8(3-12)4-13-14/h4,6-7H,1-3,5,12H2. The molecule has 0 saturated heterocycles. The molecular weight excluding hydrogens is 188 g/mol. The Morgan fingerprint density at radius 3 is 2.79 bits per heavy atom. The van der Waals surface area contributed by atoms with Crippen molar-refractivity contribution >= 4 is 0 Å². The molecule has 2 N–H and O–H groups in total. The number of aromatic nitrogens is 2. The predicted octanol–water partition coefficient (Wildman–Crippen LogP) is 1.39. The van der Waals surface area contributed by atoms with Crippen LogP contribution in [0.5, 0.6) is 0 Å². The van der Waals surface area contributed by atoms with Crippen molar-refractivity contribution in [3.63, 3.8) is 0 Å². The van der Waals surface area contributed by atoms with Crippen molar-refractivity contribution in [3.05, 3.63) is 18.0 Å². The van der Waals surface area contributed by atoms with Gasteiger partial charge in [-0.25, -0.2) is 8.78 Å². The summed E-state index contributed by atoms with van der Waals surface area (Å²) in [6, 6.07) is 0. The number of hydrogen-bond acceptors (Lipinski definition) is 2. The minimum absolute atomic E-state index is 0.00911. The van der Waals surface area contributed by atoms with Crippen LogP contribution in [0.4, 0.5) is 8.78 Å². The lowest BCUT2D eigenvalue weighted by molar-refractivity contribution is -0.114. The van der Waals surface area contributed by atoms with Gasteiger partial charge in [0.2, 0.25) is 5.92 Å². The molecule has 1 aliphatic carbocycles. The summed E-state index contributed by atoms with van der Waals surface area (Å²) in [4.78, 5) is 0. The molecule has 78 valence electrons. The first kappa shape index (κ1) is 9.58. The van der Waals surface area contributed by atoms with Gasteiger partial charge in [0.05, 0.1) is 6.20 Å². The van der Waals surface area contributed by atoms with Gasteiger partial charge >= 0.3 is 0 Å². The molecule has 1 aromatic rings. The molecule has 3 nitrogen and oxygen atoms in total. The molecule has 1 heterocycles. The minimum Gasteiger partial charge on any atom is -0.326 e. The van der Waals surface area contributed by atoms with E-state index < -0.39 is 5.92 Å². The molecule has 0 atom stereocenters. The van der Waals surface area contributed by atoms with Gasteiger partial charge in [0.15, 0.2) is 0 Å². The zero-order valence-corrected chi connectivity index (χ0v) is 7.79. The number of alkyl halides is 2. The maximum absolute atomic E-state index is 12.5. The molecule has 0 aliphatic heterocycles. The second-order valence-corrected chi connectivity index (χ2v) is 3.90. The maximum Gasteiger partial charge on any atom is 0.248 e. The average molecular weight is 201 g/mol. The quantitative estimate of drug-likeness (QED) is 0.803. The van der Waals surface area contributed by atoms with Crippen LogP contribution in [0.1, 0.15) is 18.4 Å². The van der Waals surface area contributed by atoms with Gasteiger partial charge in [-0.3, -0.25) is 4.68 Å². The van der Waals surface area contributed by atoms with Crippen molar-refractivity contribution in [3.8, 4) is 0 Å². The fourth-order valence-electron chi connectivity index (χ4n) is 1.79. The zero-order valence-electron chi connectivity index (χ0n) is 7.79. The molecule has 1 saturated carbocycles. The topological polar surface area (TPSA) is 43.8 Å². The lowest BCUT2D eigenvalue weighted by Crippen LogP contribution is -2.37. The average Bonchev–Trinajstić information content (AvgIpc) is 2.49. The van der Waals surface area contributed by atoms with Crippen molar-refractivity contribution in [2.75, 3.05) is 0 Å². The largest absolute Gasteiger partial charge is 0.326 e. The minimum atomic E-state index is -2.44. The van der Waals surface area contributed by atoms with Crippen LogP contribution in [-0.2, 0) is 13.1 Å². The molecule has 0 spiro atoms. The molecule has 2 rings (SSSR count). The summed E-state index contributed by atoms with van der Waals surface area (Å²) in [6.07, 6.45) is 3.48. The zero-order chi connectivity index (χ0) is 10.2. The Balaban J connectivity index is 1.87. The van der Waals surface area contributed by atoms with Crippen LogP contribution < -0.4 is 5.73 Å². The van der Waals surface area contributed by atoms with Gasteiger partial charge < -0.3 is 5.73 Å². The Kier molecular flexibility index (Phi) is 2.26. The molecule has 1 aromatic heterocycles. The van der Waals surface area contributed by atoms with E-state index in [0.29, 0.717) is 13.1 Å². The Bertz CT molecular complexity index is 314. The number of hydrogen-bond donors (Lipinski definition) is 1. The molecular formula is C9H13F2N3. The lowest BCUT2D eigenvalue weighted by atomic mass is 9.81. The highest BCUT2D eigenvalue weighted by atomic mass is 19.3. The highest BCUT2D eigenvalue weighted by Crippen LogP contribution is 2.42. The molecule has 1 fully saturated rings. The molecule has 14 heavy (non-hydrogen) atoms. The fourth-order valence-corrected chi connectivity index (χ4v) is 1.79. The molecule has 1 aliphatic rings. The Morgan fingerprint density at radius 1 is 1.57 bits per heavy atom. The van der Waals surface area contributed by atoms with Gasteiger partial charge in [0, 0.05) is 37.7 Å². The van der Waals surface area contributed by atoms with Gasteiger partial charge in [-0.05, 0) is 5.92 Å². The monoisotopic (exact) mass is 201 g/mol. The highest BCUT2D eigenvalue weighted by molar-refractivity contribution is 5.02. The molecule has 5 heteroatoms. The van der Waals surface area contributed by atoms with E-state index in [1.54, 1.807) is 10.9 Å². The van der Waals surface area contributed by atoms with E-state index in [9.17, 15) is 8.78 Å². The molecule has 0 aromatic carbocycles. The van der Waals surface area contributed by atoms with Crippen molar-refractivity contribution in [2.24, 2.45) is 11.7 Å². The summed E-state index contributed by atoms with van der Waals surface area (Å²) >= 11 is 0. The smallest absolute Gasteiger partial charge is 0.248 e. The van der Waals surface area contributed by atoms with E-state index in [-0.39, 0.29) is 18.8 Å². The first-order valence-corrected chi connectivity index (χ1v) is 4.68. The van der Waals surface area contributed by atoms with Crippen molar-refractivity contribution in [1.29, 1.82) is 0 Å². The molecule has 0 radical (unpaired) electrons. The molecule has 0 bridgehead atoms. The molecule has 0 amide bonds. The van der Waals surface area contributed by atoms with E-state index >= 15 is 0 Å². The number of rotatable bonds is 3. The van der Waals surface area contributed by atoms with Crippen molar-refractivity contribution < 1.29 is 8.78 Å². The first-order chi connectivity index (χ1) is 6.59. The van der Waals surface area contributed by atoms with Gasteiger partial charge in [-0.1, -0.05) is 0 Å². The van der Waals surface area contributed by atoms with Gasteiger partial charge in [0.25, 0.3) is 0 Å². The van der Waals surface area contributed by atoms with E-state index in [1.807, 2.05) is 6.20 Å². The summed E-state index contributed by atoms with van der Waals surface area (Å²) in [7, 11) is 0.